The first kappa shape index (κ1) is 15.5. The fourth-order valence-electron chi connectivity index (χ4n) is 3.57. The van der Waals surface area contributed by atoms with Crippen LogP contribution in [0.3, 0.4) is 0 Å². The summed E-state index contributed by atoms with van der Waals surface area (Å²) < 4.78 is 7.01. The summed E-state index contributed by atoms with van der Waals surface area (Å²) in [5.41, 5.74) is 0.719. The standard InChI is InChI=1S/C20H13N3O4/c24-17-14-18(13-8-4-5-11-9-10-23(16(11)13)19(14)25)27-20(26)15(17)22-21-12-6-2-1-3-7-12/h1-8,24H,9-10H2. The lowest BCUT2D eigenvalue weighted by atomic mass is 10.1. The highest BCUT2D eigenvalue weighted by molar-refractivity contribution is 6.06. The molecule has 3 heterocycles. The van der Waals surface area contributed by atoms with E-state index in [0.717, 1.165) is 11.1 Å². The van der Waals surface area contributed by atoms with Crippen LogP contribution in [0.1, 0.15) is 5.56 Å². The summed E-state index contributed by atoms with van der Waals surface area (Å²) in [4.78, 5) is 25.4. The molecule has 0 atom stereocenters. The lowest BCUT2D eigenvalue weighted by molar-refractivity contribution is 0.469. The molecule has 5 rings (SSSR count). The van der Waals surface area contributed by atoms with Gasteiger partial charge in [0.15, 0.2) is 11.3 Å². The summed E-state index contributed by atoms with van der Waals surface area (Å²) >= 11 is 0. The second-order valence-electron chi connectivity index (χ2n) is 6.35. The summed E-state index contributed by atoms with van der Waals surface area (Å²) in [5.74, 6) is -0.506. The zero-order chi connectivity index (χ0) is 18.5. The summed E-state index contributed by atoms with van der Waals surface area (Å²) in [7, 11) is 0. The van der Waals surface area contributed by atoms with Crippen LogP contribution in [-0.4, -0.2) is 9.67 Å². The molecule has 1 aliphatic rings. The molecule has 2 aromatic heterocycles. The van der Waals surface area contributed by atoms with Crippen molar-refractivity contribution < 1.29 is 9.52 Å². The van der Waals surface area contributed by atoms with Gasteiger partial charge in [-0.25, -0.2) is 4.79 Å². The van der Waals surface area contributed by atoms with Crippen molar-refractivity contribution in [2.45, 2.75) is 13.0 Å². The number of para-hydroxylation sites is 1. The molecule has 132 valence electrons. The van der Waals surface area contributed by atoms with E-state index in [1.54, 1.807) is 34.9 Å². The number of aromatic nitrogens is 1. The summed E-state index contributed by atoms with van der Waals surface area (Å²) in [5, 5.41) is 19.0. The van der Waals surface area contributed by atoms with E-state index >= 15 is 0 Å². The maximum Gasteiger partial charge on any atom is 0.368 e. The van der Waals surface area contributed by atoms with Crippen molar-refractivity contribution in [2.24, 2.45) is 10.2 Å². The number of hydrogen-bond acceptors (Lipinski definition) is 6. The van der Waals surface area contributed by atoms with Crippen LogP contribution in [-0.2, 0) is 13.0 Å². The van der Waals surface area contributed by atoms with Gasteiger partial charge in [0, 0.05) is 11.9 Å². The largest absolute Gasteiger partial charge is 0.505 e. The Morgan fingerprint density at radius 3 is 2.63 bits per heavy atom. The Kier molecular flexibility index (Phi) is 3.24. The van der Waals surface area contributed by atoms with Gasteiger partial charge in [-0.05, 0) is 30.2 Å². The number of rotatable bonds is 2. The summed E-state index contributed by atoms with van der Waals surface area (Å²) in [6.45, 7) is 0.518. The molecule has 7 nitrogen and oxygen atoms in total. The van der Waals surface area contributed by atoms with Crippen molar-refractivity contribution in [3.05, 3.63) is 74.9 Å². The molecule has 7 heteroatoms. The highest BCUT2D eigenvalue weighted by atomic mass is 16.4. The van der Waals surface area contributed by atoms with Crippen molar-refractivity contribution in [2.75, 3.05) is 0 Å². The smallest absolute Gasteiger partial charge is 0.368 e. The minimum atomic E-state index is -0.845. The number of fused-ring (bicyclic) bond motifs is 2. The molecule has 0 bridgehead atoms. The molecule has 0 aliphatic carbocycles. The fraction of sp³-hybridized carbons (Fsp3) is 0.100. The van der Waals surface area contributed by atoms with E-state index < -0.39 is 16.9 Å². The van der Waals surface area contributed by atoms with E-state index in [9.17, 15) is 14.7 Å². The Morgan fingerprint density at radius 1 is 1.00 bits per heavy atom. The van der Waals surface area contributed by atoms with Crippen molar-refractivity contribution >= 4 is 33.2 Å². The van der Waals surface area contributed by atoms with Crippen molar-refractivity contribution in [3.8, 4) is 5.75 Å². The number of azo groups is 1. The number of pyridine rings is 1. The van der Waals surface area contributed by atoms with Crippen molar-refractivity contribution in [1.82, 2.24) is 4.57 Å². The molecule has 0 fully saturated rings. The quantitative estimate of drug-likeness (QED) is 0.435. The van der Waals surface area contributed by atoms with Crippen LogP contribution in [0.25, 0.3) is 21.9 Å². The van der Waals surface area contributed by atoms with Crippen LogP contribution < -0.4 is 11.2 Å². The molecular formula is C20H13N3O4. The number of aromatic hydroxyl groups is 1. The first-order valence-electron chi connectivity index (χ1n) is 8.46. The average Bonchev–Trinajstić information content (AvgIpc) is 3.11. The van der Waals surface area contributed by atoms with Gasteiger partial charge >= 0.3 is 5.63 Å². The maximum absolute atomic E-state index is 12.9. The molecule has 4 aromatic rings. The number of hydrogen-bond donors (Lipinski definition) is 1. The second kappa shape index (κ2) is 5.63. The summed E-state index contributed by atoms with van der Waals surface area (Å²) in [6, 6.07) is 14.3. The lowest BCUT2D eigenvalue weighted by Gasteiger charge is -2.09. The van der Waals surface area contributed by atoms with Gasteiger partial charge in [0.25, 0.3) is 5.56 Å². The fourth-order valence-corrected chi connectivity index (χ4v) is 3.57. The third-order valence-electron chi connectivity index (χ3n) is 4.80. The monoisotopic (exact) mass is 359 g/mol. The van der Waals surface area contributed by atoms with Gasteiger partial charge in [0.1, 0.15) is 5.39 Å². The molecule has 0 saturated carbocycles. The molecular weight excluding hydrogens is 346 g/mol. The highest BCUT2D eigenvalue weighted by Crippen LogP contribution is 2.36. The Hall–Kier alpha value is -3.74. The van der Waals surface area contributed by atoms with E-state index in [2.05, 4.69) is 10.2 Å². The molecule has 0 saturated heterocycles. The van der Waals surface area contributed by atoms with Gasteiger partial charge in [0.2, 0.25) is 5.69 Å². The van der Waals surface area contributed by atoms with Gasteiger partial charge < -0.3 is 14.1 Å². The Bertz CT molecular complexity index is 1370. The molecule has 27 heavy (non-hydrogen) atoms. The molecule has 0 amide bonds. The number of nitrogens with zero attached hydrogens (tertiary/aromatic N) is 3. The van der Waals surface area contributed by atoms with Crippen LogP contribution in [0, 0.1) is 0 Å². The lowest BCUT2D eigenvalue weighted by Crippen LogP contribution is -2.19. The average molecular weight is 359 g/mol. The van der Waals surface area contributed by atoms with Gasteiger partial charge in [0.05, 0.1) is 11.2 Å². The van der Waals surface area contributed by atoms with Crippen LogP contribution >= 0.6 is 0 Å². The Labute approximate surface area is 151 Å². The molecule has 1 aliphatic heterocycles. The van der Waals surface area contributed by atoms with Gasteiger partial charge in [-0.3, -0.25) is 4.79 Å². The highest BCUT2D eigenvalue weighted by Gasteiger charge is 2.24. The van der Waals surface area contributed by atoms with E-state index in [1.165, 1.54) is 0 Å². The van der Waals surface area contributed by atoms with E-state index in [-0.39, 0.29) is 16.7 Å². The van der Waals surface area contributed by atoms with E-state index in [4.69, 9.17) is 4.42 Å². The Morgan fingerprint density at radius 2 is 1.81 bits per heavy atom. The third kappa shape index (κ3) is 2.21. The molecule has 0 unspecified atom stereocenters. The van der Waals surface area contributed by atoms with Crippen LogP contribution in [0.5, 0.6) is 5.75 Å². The maximum atomic E-state index is 12.9. The van der Waals surface area contributed by atoms with Gasteiger partial charge in [-0.2, -0.15) is 5.11 Å². The predicted molar refractivity (Wildman–Crippen MR) is 100 cm³/mol. The normalized spacial score (nSPS) is 13.2. The van der Waals surface area contributed by atoms with Crippen LogP contribution in [0.15, 0.2) is 72.8 Å². The summed E-state index contributed by atoms with van der Waals surface area (Å²) in [6.07, 6.45) is 0.717. The Balaban J connectivity index is 1.84. The minimum absolute atomic E-state index is 0.0526. The third-order valence-corrected chi connectivity index (χ3v) is 4.80. The first-order valence-corrected chi connectivity index (χ1v) is 8.46. The SMILES string of the molecule is O=c1oc2c(c(O)c1N=Nc1ccccc1)c(=O)n1c3c(cccc23)CC1. The second-order valence-corrected chi connectivity index (χ2v) is 6.35. The topological polar surface area (TPSA) is 97.2 Å². The first-order chi connectivity index (χ1) is 13.1. The van der Waals surface area contributed by atoms with Crippen LogP contribution in [0.2, 0.25) is 0 Å². The van der Waals surface area contributed by atoms with Gasteiger partial charge in [-0.1, -0.05) is 30.3 Å². The molecule has 2 aromatic carbocycles. The number of benzene rings is 2. The van der Waals surface area contributed by atoms with Crippen molar-refractivity contribution in [3.63, 3.8) is 0 Å². The molecule has 1 N–H and O–H groups in total. The van der Waals surface area contributed by atoms with E-state index in [1.807, 2.05) is 18.2 Å². The van der Waals surface area contributed by atoms with Gasteiger partial charge in [-0.15, -0.1) is 5.11 Å². The van der Waals surface area contributed by atoms with E-state index in [0.29, 0.717) is 24.0 Å². The molecule has 0 radical (unpaired) electrons. The zero-order valence-corrected chi connectivity index (χ0v) is 14.0. The minimum Gasteiger partial charge on any atom is -0.505 e. The predicted octanol–water partition coefficient (Wildman–Crippen LogP) is 3.79. The van der Waals surface area contributed by atoms with Crippen LogP contribution in [0.4, 0.5) is 11.4 Å². The zero-order valence-electron chi connectivity index (χ0n) is 14.0. The number of aryl methyl sites for hydroxylation is 2. The van der Waals surface area contributed by atoms with Crippen molar-refractivity contribution in [1.29, 1.82) is 0 Å². The molecule has 0 spiro atoms.